The third kappa shape index (κ3) is 2.17. The number of anilines is 1. The molecule has 0 fully saturated rings. The van der Waals surface area contributed by atoms with Gasteiger partial charge in [0.15, 0.2) is 0 Å². The minimum absolute atomic E-state index is 0.204. The van der Waals surface area contributed by atoms with Crippen LogP contribution in [0.1, 0.15) is 11.1 Å². The molecule has 1 aliphatic heterocycles. The van der Waals surface area contributed by atoms with Crippen molar-refractivity contribution in [2.45, 2.75) is 18.9 Å². The molecule has 0 aromatic heterocycles. The van der Waals surface area contributed by atoms with Gasteiger partial charge in [0.2, 0.25) is 0 Å². The number of hydrogen-bond donors (Lipinski definition) is 2. The average molecular weight is 220 g/mol. The number of nitrogen functional groups attached to an aromatic ring is 1. The molecule has 86 valence electrons. The minimum atomic E-state index is -0.241. The third-order valence-corrected chi connectivity index (χ3v) is 2.93. The Morgan fingerprint density at radius 1 is 1.50 bits per heavy atom. The summed E-state index contributed by atoms with van der Waals surface area (Å²) < 4.78 is 4.76. The highest BCUT2D eigenvalue weighted by molar-refractivity contribution is 5.76. The van der Waals surface area contributed by atoms with E-state index in [-0.39, 0.29) is 12.0 Å². The van der Waals surface area contributed by atoms with Crippen LogP contribution in [0.4, 0.5) is 5.69 Å². The highest BCUT2D eigenvalue weighted by Crippen LogP contribution is 2.18. The number of rotatable bonds is 1. The predicted octanol–water partition coefficient (Wildman–Crippen LogP) is 0.499. The fourth-order valence-corrected chi connectivity index (χ4v) is 2.06. The van der Waals surface area contributed by atoms with E-state index < -0.39 is 0 Å². The molecule has 4 nitrogen and oxygen atoms in total. The van der Waals surface area contributed by atoms with Crippen LogP contribution in [-0.4, -0.2) is 25.7 Å². The van der Waals surface area contributed by atoms with Gasteiger partial charge in [-0.05, 0) is 42.6 Å². The van der Waals surface area contributed by atoms with Crippen LogP contribution in [0.15, 0.2) is 18.2 Å². The van der Waals surface area contributed by atoms with Crippen LogP contribution in [0.5, 0.6) is 0 Å². The van der Waals surface area contributed by atoms with E-state index in [0.29, 0.717) is 6.42 Å². The molecule has 1 atom stereocenters. The maximum absolute atomic E-state index is 11.5. The summed E-state index contributed by atoms with van der Waals surface area (Å²) in [6.07, 6.45) is 1.57. The second kappa shape index (κ2) is 4.53. The van der Waals surface area contributed by atoms with Crippen molar-refractivity contribution in [2.75, 3.05) is 19.4 Å². The smallest absolute Gasteiger partial charge is 0.323 e. The minimum Gasteiger partial charge on any atom is -0.468 e. The molecule has 0 spiro atoms. The number of carbonyl (C=O) groups is 1. The lowest BCUT2D eigenvalue weighted by atomic mass is 10.00. The first-order valence-corrected chi connectivity index (χ1v) is 5.39. The Bertz CT molecular complexity index is 404. The van der Waals surface area contributed by atoms with Gasteiger partial charge in [-0.25, -0.2) is 0 Å². The number of hydrogen-bond acceptors (Lipinski definition) is 4. The molecule has 0 aliphatic carbocycles. The average Bonchev–Trinajstić information content (AvgIpc) is 2.49. The molecule has 0 saturated heterocycles. The standard InChI is InChI=1S/C12H16N2O2/c1-16-12(15)11-7-8-2-3-10(13)6-9(8)4-5-14-11/h2-3,6,11,14H,4-5,7,13H2,1H3. The van der Waals surface area contributed by atoms with Crippen LogP contribution in [0, 0.1) is 0 Å². The lowest BCUT2D eigenvalue weighted by molar-refractivity contribution is -0.143. The normalized spacial score (nSPS) is 19.7. The summed E-state index contributed by atoms with van der Waals surface area (Å²) in [5.74, 6) is -0.204. The van der Waals surface area contributed by atoms with Crippen molar-refractivity contribution in [1.29, 1.82) is 0 Å². The van der Waals surface area contributed by atoms with Gasteiger partial charge in [0.25, 0.3) is 0 Å². The summed E-state index contributed by atoms with van der Waals surface area (Å²) in [5, 5.41) is 3.18. The Hall–Kier alpha value is -1.55. The van der Waals surface area contributed by atoms with Crippen molar-refractivity contribution in [1.82, 2.24) is 5.32 Å². The maximum atomic E-state index is 11.5. The molecular formula is C12H16N2O2. The quantitative estimate of drug-likeness (QED) is 0.534. The van der Waals surface area contributed by atoms with Crippen LogP contribution < -0.4 is 11.1 Å². The van der Waals surface area contributed by atoms with E-state index in [1.165, 1.54) is 18.2 Å². The van der Waals surface area contributed by atoms with Gasteiger partial charge in [0.05, 0.1) is 7.11 Å². The number of carbonyl (C=O) groups excluding carboxylic acids is 1. The first kappa shape index (κ1) is 11.0. The molecular weight excluding hydrogens is 204 g/mol. The molecule has 1 aromatic carbocycles. The zero-order valence-electron chi connectivity index (χ0n) is 9.32. The molecule has 0 saturated carbocycles. The van der Waals surface area contributed by atoms with Gasteiger partial charge >= 0.3 is 5.97 Å². The van der Waals surface area contributed by atoms with Crippen LogP contribution in [0.2, 0.25) is 0 Å². The molecule has 4 heteroatoms. The highest BCUT2D eigenvalue weighted by Gasteiger charge is 2.22. The van der Waals surface area contributed by atoms with Crippen LogP contribution >= 0.6 is 0 Å². The molecule has 2 rings (SSSR count). The summed E-state index contributed by atoms with van der Waals surface area (Å²) in [6, 6.07) is 5.61. The lowest BCUT2D eigenvalue weighted by Crippen LogP contribution is -2.38. The van der Waals surface area contributed by atoms with Crippen LogP contribution in [0.25, 0.3) is 0 Å². The van der Waals surface area contributed by atoms with E-state index in [0.717, 1.165) is 18.7 Å². The molecule has 0 radical (unpaired) electrons. The summed E-state index contributed by atoms with van der Waals surface area (Å²) in [7, 11) is 1.42. The van der Waals surface area contributed by atoms with Crippen molar-refractivity contribution in [3.8, 4) is 0 Å². The van der Waals surface area contributed by atoms with Gasteiger partial charge in [-0.2, -0.15) is 0 Å². The summed E-state index contributed by atoms with van der Waals surface area (Å²) in [4.78, 5) is 11.5. The van der Waals surface area contributed by atoms with Gasteiger partial charge in [-0.1, -0.05) is 6.07 Å². The molecule has 0 amide bonds. The zero-order chi connectivity index (χ0) is 11.5. The SMILES string of the molecule is COC(=O)C1Cc2ccc(N)cc2CCN1. The summed E-state index contributed by atoms with van der Waals surface area (Å²) in [6.45, 7) is 0.774. The molecule has 3 N–H and O–H groups in total. The fraction of sp³-hybridized carbons (Fsp3) is 0.417. The van der Waals surface area contributed by atoms with E-state index in [1.54, 1.807) is 0 Å². The topological polar surface area (TPSA) is 64.3 Å². The summed E-state index contributed by atoms with van der Waals surface area (Å²) in [5.41, 5.74) is 8.91. The largest absolute Gasteiger partial charge is 0.468 e. The molecule has 16 heavy (non-hydrogen) atoms. The second-order valence-corrected chi connectivity index (χ2v) is 4.01. The number of nitrogens with one attached hydrogen (secondary N) is 1. The first-order chi connectivity index (χ1) is 7.70. The number of nitrogens with two attached hydrogens (primary N) is 1. The van der Waals surface area contributed by atoms with Gasteiger partial charge in [0, 0.05) is 5.69 Å². The number of ether oxygens (including phenoxy) is 1. The van der Waals surface area contributed by atoms with Gasteiger partial charge in [0.1, 0.15) is 6.04 Å². The zero-order valence-corrected chi connectivity index (χ0v) is 9.32. The van der Waals surface area contributed by atoms with E-state index in [4.69, 9.17) is 10.5 Å². The van der Waals surface area contributed by atoms with Crippen molar-refractivity contribution in [3.05, 3.63) is 29.3 Å². The number of methoxy groups -OCH3 is 1. The first-order valence-electron chi connectivity index (χ1n) is 5.39. The fourth-order valence-electron chi connectivity index (χ4n) is 2.06. The van der Waals surface area contributed by atoms with Crippen molar-refractivity contribution in [3.63, 3.8) is 0 Å². The molecule has 0 bridgehead atoms. The highest BCUT2D eigenvalue weighted by atomic mass is 16.5. The Morgan fingerprint density at radius 2 is 2.31 bits per heavy atom. The van der Waals surface area contributed by atoms with Crippen molar-refractivity contribution in [2.24, 2.45) is 0 Å². The van der Waals surface area contributed by atoms with Gasteiger partial charge < -0.3 is 15.8 Å². The van der Waals surface area contributed by atoms with Crippen LogP contribution in [0.3, 0.4) is 0 Å². The van der Waals surface area contributed by atoms with E-state index in [2.05, 4.69) is 5.32 Å². The molecule has 1 aliphatic rings. The van der Waals surface area contributed by atoms with E-state index in [1.807, 2.05) is 18.2 Å². The molecule has 1 aromatic rings. The van der Waals surface area contributed by atoms with Gasteiger partial charge in [-0.3, -0.25) is 4.79 Å². The van der Waals surface area contributed by atoms with E-state index >= 15 is 0 Å². The Balaban J connectivity index is 2.24. The number of esters is 1. The third-order valence-electron chi connectivity index (χ3n) is 2.93. The monoisotopic (exact) mass is 220 g/mol. The predicted molar refractivity (Wildman–Crippen MR) is 62.1 cm³/mol. The van der Waals surface area contributed by atoms with E-state index in [9.17, 15) is 4.79 Å². The number of fused-ring (bicyclic) bond motifs is 1. The van der Waals surface area contributed by atoms with Crippen molar-refractivity contribution < 1.29 is 9.53 Å². The molecule has 1 unspecified atom stereocenters. The second-order valence-electron chi connectivity index (χ2n) is 4.01. The maximum Gasteiger partial charge on any atom is 0.323 e. The Kier molecular flexibility index (Phi) is 3.10. The number of benzene rings is 1. The van der Waals surface area contributed by atoms with Crippen LogP contribution in [-0.2, 0) is 22.4 Å². The lowest BCUT2D eigenvalue weighted by Gasteiger charge is -2.13. The van der Waals surface area contributed by atoms with Gasteiger partial charge in [-0.15, -0.1) is 0 Å². The van der Waals surface area contributed by atoms with Crippen molar-refractivity contribution >= 4 is 11.7 Å². The molecule has 1 heterocycles. The Labute approximate surface area is 94.8 Å². The summed E-state index contributed by atoms with van der Waals surface area (Å²) >= 11 is 0. The Morgan fingerprint density at radius 3 is 3.06 bits per heavy atom.